The maximum Gasteiger partial charge on any atom is 0.387 e. The topological polar surface area (TPSA) is 50.8 Å². The van der Waals surface area contributed by atoms with Crippen LogP contribution in [0.3, 0.4) is 0 Å². The van der Waals surface area contributed by atoms with Crippen molar-refractivity contribution in [1.82, 2.24) is 4.90 Å². The van der Waals surface area contributed by atoms with Gasteiger partial charge < -0.3 is 19.7 Å². The normalized spacial score (nSPS) is 13.4. The van der Waals surface area contributed by atoms with E-state index in [9.17, 15) is 13.6 Å². The van der Waals surface area contributed by atoms with Gasteiger partial charge in [0.05, 0.1) is 7.11 Å². The molecule has 25 heavy (non-hydrogen) atoms. The maximum atomic E-state index is 12.4. The van der Waals surface area contributed by atoms with E-state index in [1.807, 2.05) is 18.2 Å². The van der Waals surface area contributed by atoms with E-state index in [-0.39, 0.29) is 11.8 Å². The van der Waals surface area contributed by atoms with Crippen molar-refractivity contribution >= 4 is 11.7 Å². The van der Waals surface area contributed by atoms with Crippen LogP contribution in [0.15, 0.2) is 42.5 Å². The van der Waals surface area contributed by atoms with Gasteiger partial charge in [-0.1, -0.05) is 6.07 Å². The molecule has 0 bridgehead atoms. The highest BCUT2D eigenvalue weighted by Crippen LogP contribution is 2.24. The minimum absolute atomic E-state index is 0.0481. The Kier molecular flexibility index (Phi) is 5.02. The molecule has 1 heterocycles. The number of hydrogen-bond acceptors (Lipinski definition) is 3. The molecule has 132 valence electrons. The van der Waals surface area contributed by atoms with Crippen LogP contribution in [0.4, 0.5) is 19.3 Å². The number of anilines is 1. The number of rotatable bonds is 4. The van der Waals surface area contributed by atoms with Gasteiger partial charge in [-0.25, -0.2) is 4.79 Å². The monoisotopic (exact) mass is 348 g/mol. The van der Waals surface area contributed by atoms with Crippen LogP contribution in [-0.4, -0.2) is 31.2 Å². The number of carbonyl (C=O) groups is 1. The number of nitrogens with zero attached hydrogens (tertiary/aromatic N) is 1. The second-order valence-corrected chi connectivity index (χ2v) is 5.64. The molecule has 1 N–H and O–H groups in total. The van der Waals surface area contributed by atoms with E-state index in [0.29, 0.717) is 18.8 Å². The van der Waals surface area contributed by atoms with Gasteiger partial charge in [0, 0.05) is 18.8 Å². The Hall–Kier alpha value is -2.83. The average Bonchev–Trinajstić information content (AvgIpc) is 2.62. The number of alkyl halides is 2. The SMILES string of the molecule is COc1ccc2c(c1)CN(C(=O)Nc1ccc(OC(F)F)cc1)CC2. The van der Waals surface area contributed by atoms with E-state index >= 15 is 0 Å². The molecule has 0 unspecified atom stereocenters. The van der Waals surface area contributed by atoms with Crippen molar-refractivity contribution in [2.24, 2.45) is 0 Å². The molecule has 0 saturated heterocycles. The number of benzene rings is 2. The maximum absolute atomic E-state index is 12.4. The van der Waals surface area contributed by atoms with Gasteiger partial charge in [-0.2, -0.15) is 8.78 Å². The van der Waals surface area contributed by atoms with Crippen LogP contribution >= 0.6 is 0 Å². The third-order valence-electron chi connectivity index (χ3n) is 4.04. The summed E-state index contributed by atoms with van der Waals surface area (Å²) in [6.45, 7) is -1.77. The van der Waals surface area contributed by atoms with Gasteiger partial charge in [-0.3, -0.25) is 0 Å². The molecule has 0 aromatic heterocycles. The number of ether oxygens (including phenoxy) is 2. The molecule has 2 aromatic carbocycles. The number of amides is 2. The van der Waals surface area contributed by atoms with Gasteiger partial charge in [0.2, 0.25) is 0 Å². The summed E-state index contributed by atoms with van der Waals surface area (Å²) in [5, 5.41) is 2.76. The summed E-state index contributed by atoms with van der Waals surface area (Å²) in [5.74, 6) is 0.808. The summed E-state index contributed by atoms with van der Waals surface area (Å²) in [5.41, 5.74) is 2.78. The first-order chi connectivity index (χ1) is 12.0. The quantitative estimate of drug-likeness (QED) is 0.912. The molecule has 0 saturated carbocycles. The molecule has 0 atom stereocenters. The van der Waals surface area contributed by atoms with Crippen molar-refractivity contribution in [1.29, 1.82) is 0 Å². The molecule has 7 heteroatoms. The van der Waals surface area contributed by atoms with Gasteiger partial charge in [-0.15, -0.1) is 0 Å². The first-order valence-corrected chi connectivity index (χ1v) is 7.82. The van der Waals surface area contributed by atoms with Gasteiger partial charge in [0.25, 0.3) is 0 Å². The largest absolute Gasteiger partial charge is 0.497 e. The molecule has 0 fully saturated rings. The third-order valence-corrected chi connectivity index (χ3v) is 4.04. The number of urea groups is 1. The molecule has 5 nitrogen and oxygen atoms in total. The summed E-state index contributed by atoms with van der Waals surface area (Å²) in [7, 11) is 1.61. The molecule has 0 radical (unpaired) electrons. The molecule has 1 aliphatic rings. The van der Waals surface area contributed by atoms with E-state index in [2.05, 4.69) is 10.1 Å². The highest BCUT2D eigenvalue weighted by Gasteiger charge is 2.21. The Morgan fingerprint density at radius 3 is 2.52 bits per heavy atom. The van der Waals surface area contributed by atoms with Crippen molar-refractivity contribution in [3.8, 4) is 11.5 Å². The van der Waals surface area contributed by atoms with E-state index in [1.165, 1.54) is 29.8 Å². The van der Waals surface area contributed by atoms with E-state index < -0.39 is 6.61 Å². The average molecular weight is 348 g/mol. The van der Waals surface area contributed by atoms with Crippen LogP contribution in [0.1, 0.15) is 11.1 Å². The second-order valence-electron chi connectivity index (χ2n) is 5.64. The van der Waals surface area contributed by atoms with E-state index in [1.54, 1.807) is 12.0 Å². The van der Waals surface area contributed by atoms with Crippen LogP contribution in [0.2, 0.25) is 0 Å². The Morgan fingerprint density at radius 2 is 1.84 bits per heavy atom. The van der Waals surface area contributed by atoms with E-state index in [4.69, 9.17) is 4.74 Å². The smallest absolute Gasteiger partial charge is 0.387 e. The van der Waals surface area contributed by atoms with Crippen molar-refractivity contribution in [2.45, 2.75) is 19.6 Å². The lowest BCUT2D eigenvalue weighted by molar-refractivity contribution is -0.0498. The first kappa shape index (κ1) is 17.0. The van der Waals surface area contributed by atoms with Crippen LogP contribution in [0.5, 0.6) is 11.5 Å². The Balaban J connectivity index is 1.63. The summed E-state index contributed by atoms with van der Waals surface area (Å²) < 4.78 is 33.8. The van der Waals surface area contributed by atoms with Crippen LogP contribution < -0.4 is 14.8 Å². The van der Waals surface area contributed by atoms with Gasteiger partial charge >= 0.3 is 12.6 Å². The van der Waals surface area contributed by atoms with Crippen molar-refractivity contribution in [3.05, 3.63) is 53.6 Å². The fourth-order valence-corrected chi connectivity index (χ4v) is 2.76. The predicted octanol–water partition coefficient (Wildman–Crippen LogP) is 3.89. The van der Waals surface area contributed by atoms with Crippen molar-refractivity contribution < 1.29 is 23.0 Å². The number of hydrogen-bond donors (Lipinski definition) is 1. The molecule has 0 spiro atoms. The zero-order valence-electron chi connectivity index (χ0n) is 13.7. The highest BCUT2D eigenvalue weighted by atomic mass is 19.3. The second kappa shape index (κ2) is 7.38. The van der Waals surface area contributed by atoms with Gasteiger partial charge in [-0.05, 0) is 53.9 Å². The molecule has 0 aliphatic carbocycles. The molecular weight excluding hydrogens is 330 g/mol. The summed E-state index contributed by atoms with van der Waals surface area (Å²) in [4.78, 5) is 14.1. The Morgan fingerprint density at radius 1 is 1.12 bits per heavy atom. The fourth-order valence-electron chi connectivity index (χ4n) is 2.76. The summed E-state index contributed by atoms with van der Waals surface area (Å²) in [6.07, 6.45) is 0.772. The van der Waals surface area contributed by atoms with Crippen molar-refractivity contribution in [3.63, 3.8) is 0 Å². The lowest BCUT2D eigenvalue weighted by atomic mass is 10.00. The fraction of sp³-hybridized carbons (Fsp3) is 0.278. The lowest BCUT2D eigenvalue weighted by Crippen LogP contribution is -2.38. The van der Waals surface area contributed by atoms with Crippen LogP contribution in [0.25, 0.3) is 0 Å². The number of halogens is 2. The van der Waals surface area contributed by atoms with Crippen molar-refractivity contribution in [2.75, 3.05) is 19.0 Å². The minimum atomic E-state index is -2.87. The number of fused-ring (bicyclic) bond motifs is 1. The first-order valence-electron chi connectivity index (χ1n) is 7.82. The van der Waals surface area contributed by atoms with Gasteiger partial charge in [0.15, 0.2) is 0 Å². The summed E-state index contributed by atoms with van der Waals surface area (Å²) in [6, 6.07) is 11.5. The van der Waals surface area contributed by atoms with Crippen LogP contribution in [0, 0.1) is 0 Å². The predicted molar refractivity (Wildman–Crippen MR) is 89.2 cm³/mol. The van der Waals surface area contributed by atoms with Crippen LogP contribution in [-0.2, 0) is 13.0 Å². The number of methoxy groups -OCH3 is 1. The number of nitrogens with one attached hydrogen (secondary N) is 1. The molecule has 1 aliphatic heterocycles. The zero-order valence-corrected chi connectivity index (χ0v) is 13.7. The lowest BCUT2D eigenvalue weighted by Gasteiger charge is -2.29. The molecule has 2 aromatic rings. The standard InChI is InChI=1S/C18H18F2N2O3/c1-24-16-5-2-12-8-9-22(11-13(12)10-16)18(23)21-14-3-6-15(7-4-14)25-17(19)20/h2-7,10,17H,8-9,11H2,1H3,(H,21,23). The number of carbonyl (C=O) groups excluding carboxylic acids is 1. The minimum Gasteiger partial charge on any atom is -0.497 e. The third kappa shape index (κ3) is 4.17. The summed E-state index contributed by atoms with van der Waals surface area (Å²) >= 11 is 0. The Labute approximate surface area is 144 Å². The van der Waals surface area contributed by atoms with E-state index in [0.717, 1.165) is 17.7 Å². The molecule has 2 amide bonds. The van der Waals surface area contributed by atoms with Gasteiger partial charge in [0.1, 0.15) is 11.5 Å². The molecular formula is C18H18F2N2O3. The highest BCUT2D eigenvalue weighted by molar-refractivity contribution is 5.89. The Bertz CT molecular complexity index is 750. The zero-order chi connectivity index (χ0) is 17.8. The molecule has 3 rings (SSSR count).